The average molecular weight is 242 g/mol. The van der Waals surface area contributed by atoms with Crippen molar-refractivity contribution in [1.82, 2.24) is 4.90 Å². The van der Waals surface area contributed by atoms with Gasteiger partial charge in [-0.05, 0) is 37.3 Å². The van der Waals surface area contributed by atoms with Gasteiger partial charge < -0.3 is 4.90 Å². The largest absolute Gasteiger partial charge is 0.344 e. The zero-order valence-electron chi connectivity index (χ0n) is 10.9. The van der Waals surface area contributed by atoms with E-state index in [1.54, 1.807) is 11.9 Å². The molecule has 0 spiro atoms. The smallest absolute Gasteiger partial charge is 0.242 e. The molecule has 0 unspecified atom stereocenters. The predicted octanol–water partition coefficient (Wildman–Crippen LogP) is 2.30. The van der Waals surface area contributed by atoms with Gasteiger partial charge >= 0.3 is 0 Å². The van der Waals surface area contributed by atoms with Crippen molar-refractivity contribution in [2.45, 2.75) is 26.2 Å². The summed E-state index contributed by atoms with van der Waals surface area (Å²) in [6, 6.07) is 10.3. The molecule has 1 aromatic rings. The molecule has 94 valence electrons. The molecule has 0 bridgehead atoms. The summed E-state index contributed by atoms with van der Waals surface area (Å²) in [6.07, 6.45) is 2.28. The van der Waals surface area contributed by atoms with Crippen molar-refractivity contribution in [3.8, 4) is 6.07 Å². The summed E-state index contributed by atoms with van der Waals surface area (Å²) in [5.41, 5.74) is 1.82. The predicted molar refractivity (Wildman–Crippen MR) is 69.8 cm³/mol. The molecule has 2 rings (SSSR count). The molecule has 1 fully saturated rings. The second-order valence-electron chi connectivity index (χ2n) is 5.10. The van der Waals surface area contributed by atoms with Crippen LogP contribution < -0.4 is 0 Å². The van der Waals surface area contributed by atoms with Gasteiger partial charge in [-0.25, -0.2) is 0 Å². The highest BCUT2D eigenvalue weighted by Gasteiger charge is 2.51. The molecule has 18 heavy (non-hydrogen) atoms. The van der Waals surface area contributed by atoms with Gasteiger partial charge in [0.1, 0.15) is 5.41 Å². The fourth-order valence-electron chi connectivity index (χ4n) is 2.14. The van der Waals surface area contributed by atoms with Crippen LogP contribution in [0.2, 0.25) is 0 Å². The summed E-state index contributed by atoms with van der Waals surface area (Å²) >= 11 is 0. The van der Waals surface area contributed by atoms with Crippen LogP contribution in [0.15, 0.2) is 24.3 Å². The van der Waals surface area contributed by atoms with Gasteiger partial charge in [0.05, 0.1) is 6.07 Å². The monoisotopic (exact) mass is 242 g/mol. The Morgan fingerprint density at radius 3 is 2.67 bits per heavy atom. The van der Waals surface area contributed by atoms with Crippen molar-refractivity contribution in [2.75, 3.05) is 13.6 Å². The second kappa shape index (κ2) is 4.81. The number of amides is 1. The lowest BCUT2D eigenvalue weighted by Gasteiger charge is -2.20. The average Bonchev–Trinajstić information content (AvgIpc) is 3.17. The Hall–Kier alpha value is -1.82. The Morgan fingerprint density at radius 1 is 1.44 bits per heavy atom. The van der Waals surface area contributed by atoms with Crippen molar-refractivity contribution in [3.05, 3.63) is 35.4 Å². The number of likely N-dealkylation sites (N-methyl/N-ethyl adjacent to an activating group) is 1. The fraction of sp³-hybridized carbons (Fsp3) is 0.467. The molecule has 0 saturated heterocycles. The minimum absolute atomic E-state index is 0.0152. The first kappa shape index (κ1) is 12.6. The molecule has 1 saturated carbocycles. The summed E-state index contributed by atoms with van der Waals surface area (Å²) in [4.78, 5) is 13.8. The van der Waals surface area contributed by atoms with Crippen molar-refractivity contribution >= 4 is 5.91 Å². The highest BCUT2D eigenvalue weighted by molar-refractivity contribution is 5.88. The van der Waals surface area contributed by atoms with Crippen LogP contribution in [0.5, 0.6) is 0 Å². The van der Waals surface area contributed by atoms with Crippen LogP contribution in [-0.2, 0) is 11.2 Å². The van der Waals surface area contributed by atoms with Gasteiger partial charge in [-0.1, -0.05) is 24.3 Å². The highest BCUT2D eigenvalue weighted by Crippen LogP contribution is 2.46. The first-order valence-corrected chi connectivity index (χ1v) is 6.30. The van der Waals surface area contributed by atoms with Crippen molar-refractivity contribution < 1.29 is 4.79 Å². The molecule has 3 nitrogen and oxygen atoms in total. The molecular weight excluding hydrogens is 224 g/mol. The van der Waals surface area contributed by atoms with E-state index in [9.17, 15) is 4.79 Å². The van der Waals surface area contributed by atoms with Crippen LogP contribution in [0.3, 0.4) is 0 Å². The number of carbonyl (C=O) groups is 1. The summed E-state index contributed by atoms with van der Waals surface area (Å²) in [7, 11) is 1.79. The number of aryl methyl sites for hydroxylation is 1. The van der Waals surface area contributed by atoms with Gasteiger partial charge in [0.2, 0.25) is 5.91 Å². The van der Waals surface area contributed by atoms with Gasteiger partial charge in [0.25, 0.3) is 0 Å². The SMILES string of the molecule is Cc1ccccc1CCN(C)C(=O)C1(C#N)CC1. The Balaban J connectivity index is 1.93. The molecule has 0 aliphatic heterocycles. The Labute approximate surface area is 108 Å². The van der Waals surface area contributed by atoms with Crippen LogP contribution in [0.25, 0.3) is 0 Å². The minimum atomic E-state index is -0.694. The molecule has 1 aromatic carbocycles. The van der Waals surface area contributed by atoms with E-state index in [1.165, 1.54) is 11.1 Å². The maximum Gasteiger partial charge on any atom is 0.242 e. The lowest BCUT2D eigenvalue weighted by molar-refractivity contribution is -0.133. The number of benzene rings is 1. The van der Waals surface area contributed by atoms with Crippen molar-refractivity contribution in [2.24, 2.45) is 5.41 Å². The Morgan fingerprint density at radius 2 is 2.11 bits per heavy atom. The van der Waals surface area contributed by atoms with E-state index in [0.29, 0.717) is 6.54 Å². The normalized spacial score (nSPS) is 15.8. The van der Waals surface area contributed by atoms with Crippen molar-refractivity contribution in [3.63, 3.8) is 0 Å². The van der Waals surface area contributed by atoms with Crippen LogP contribution in [0.1, 0.15) is 24.0 Å². The lowest BCUT2D eigenvalue weighted by atomic mass is 10.0. The zero-order chi connectivity index (χ0) is 13.2. The van der Waals surface area contributed by atoms with Gasteiger partial charge in [0, 0.05) is 13.6 Å². The quantitative estimate of drug-likeness (QED) is 0.813. The third kappa shape index (κ3) is 2.38. The van der Waals surface area contributed by atoms with E-state index in [4.69, 9.17) is 5.26 Å². The van der Waals surface area contributed by atoms with E-state index in [-0.39, 0.29) is 5.91 Å². The van der Waals surface area contributed by atoms with Crippen LogP contribution in [0.4, 0.5) is 0 Å². The van der Waals surface area contributed by atoms with E-state index < -0.39 is 5.41 Å². The standard InChI is InChI=1S/C15H18N2O/c1-12-5-3-4-6-13(12)7-10-17(2)14(18)15(11-16)8-9-15/h3-6H,7-10H2,1-2H3. The molecule has 0 N–H and O–H groups in total. The molecule has 3 heteroatoms. The van der Waals surface area contributed by atoms with Gasteiger partial charge in [0.15, 0.2) is 0 Å². The Bertz CT molecular complexity index is 497. The van der Waals surface area contributed by atoms with Gasteiger partial charge in [-0.15, -0.1) is 0 Å². The minimum Gasteiger partial charge on any atom is -0.344 e. The highest BCUT2D eigenvalue weighted by atomic mass is 16.2. The van der Waals surface area contributed by atoms with Crippen LogP contribution in [-0.4, -0.2) is 24.4 Å². The molecule has 0 atom stereocenters. The first-order valence-electron chi connectivity index (χ1n) is 6.30. The Kier molecular flexibility index (Phi) is 3.38. The molecule has 0 heterocycles. The van der Waals surface area contributed by atoms with E-state index in [0.717, 1.165) is 19.3 Å². The number of rotatable bonds is 4. The van der Waals surface area contributed by atoms with E-state index >= 15 is 0 Å². The number of hydrogen-bond acceptors (Lipinski definition) is 2. The summed E-state index contributed by atoms with van der Waals surface area (Å²) in [6.45, 7) is 2.75. The number of nitriles is 1. The first-order chi connectivity index (χ1) is 8.59. The van der Waals surface area contributed by atoms with Crippen LogP contribution >= 0.6 is 0 Å². The number of nitrogens with zero attached hydrogens (tertiary/aromatic N) is 2. The molecule has 1 amide bonds. The van der Waals surface area contributed by atoms with Gasteiger partial charge in [-0.2, -0.15) is 5.26 Å². The molecule has 1 aliphatic rings. The molecular formula is C15H18N2O. The fourth-order valence-corrected chi connectivity index (χ4v) is 2.14. The number of carbonyl (C=O) groups excluding carboxylic acids is 1. The van der Waals surface area contributed by atoms with Crippen LogP contribution in [0, 0.1) is 23.7 Å². The molecule has 0 aromatic heterocycles. The summed E-state index contributed by atoms with van der Waals surface area (Å²) in [5, 5.41) is 9.01. The number of hydrogen-bond donors (Lipinski definition) is 0. The topological polar surface area (TPSA) is 44.1 Å². The molecule has 0 radical (unpaired) electrons. The molecule has 1 aliphatic carbocycles. The third-order valence-electron chi connectivity index (χ3n) is 3.70. The summed E-state index contributed by atoms with van der Waals surface area (Å²) < 4.78 is 0. The zero-order valence-corrected chi connectivity index (χ0v) is 10.9. The van der Waals surface area contributed by atoms with E-state index in [1.807, 2.05) is 12.1 Å². The maximum absolute atomic E-state index is 12.1. The second-order valence-corrected chi connectivity index (χ2v) is 5.10. The lowest BCUT2D eigenvalue weighted by Crippen LogP contribution is -2.35. The van der Waals surface area contributed by atoms with Crippen molar-refractivity contribution in [1.29, 1.82) is 5.26 Å². The van der Waals surface area contributed by atoms with E-state index in [2.05, 4.69) is 25.1 Å². The van der Waals surface area contributed by atoms with Gasteiger partial charge in [-0.3, -0.25) is 4.79 Å². The third-order valence-corrected chi connectivity index (χ3v) is 3.70. The summed E-state index contributed by atoms with van der Waals surface area (Å²) in [5.74, 6) is -0.0152. The maximum atomic E-state index is 12.1.